The summed E-state index contributed by atoms with van der Waals surface area (Å²) < 4.78 is 15.4. The number of methoxy groups -OCH3 is 1. The number of carbonyl (C=O) groups is 2. The van der Waals surface area contributed by atoms with Gasteiger partial charge in [-0.05, 0) is 43.3 Å². The maximum absolute atomic E-state index is 11.9. The third kappa shape index (κ3) is 5.42. The predicted octanol–water partition coefficient (Wildman–Crippen LogP) is 3.03. The number of benzene rings is 2. The van der Waals surface area contributed by atoms with Crippen LogP contribution in [0, 0.1) is 0 Å². The van der Waals surface area contributed by atoms with Crippen molar-refractivity contribution in [3.05, 3.63) is 54.1 Å². The van der Waals surface area contributed by atoms with E-state index < -0.39 is 12.0 Å². The highest BCUT2D eigenvalue weighted by Crippen LogP contribution is 2.17. The average molecular weight is 344 g/mol. The molecule has 0 aromatic heterocycles. The van der Waals surface area contributed by atoms with Crippen LogP contribution in [0.25, 0.3) is 0 Å². The van der Waals surface area contributed by atoms with Crippen molar-refractivity contribution in [2.24, 2.45) is 0 Å². The molecule has 0 saturated heterocycles. The Hall–Kier alpha value is -3.22. The van der Waals surface area contributed by atoms with Crippen LogP contribution in [0.15, 0.2) is 48.5 Å². The number of urea groups is 1. The summed E-state index contributed by atoms with van der Waals surface area (Å²) in [7, 11) is 1.28. The van der Waals surface area contributed by atoms with Gasteiger partial charge in [-0.3, -0.25) is 0 Å². The molecule has 0 atom stereocenters. The Labute approximate surface area is 145 Å². The van der Waals surface area contributed by atoms with Crippen LogP contribution < -0.4 is 20.1 Å². The molecule has 2 amide bonds. The van der Waals surface area contributed by atoms with E-state index in [1.807, 2.05) is 6.92 Å². The molecule has 0 aliphatic carbocycles. The minimum Gasteiger partial charge on any atom is -0.494 e. The molecule has 0 aliphatic rings. The summed E-state index contributed by atoms with van der Waals surface area (Å²) in [5.74, 6) is 0.820. The zero-order valence-corrected chi connectivity index (χ0v) is 14.1. The summed E-state index contributed by atoms with van der Waals surface area (Å²) in [5, 5.41) is 5.13. The quantitative estimate of drug-likeness (QED) is 0.596. The molecule has 2 aromatic carbocycles. The van der Waals surface area contributed by atoms with Crippen LogP contribution in [-0.4, -0.2) is 32.4 Å². The number of esters is 1. The molecule has 2 N–H and O–H groups in total. The summed E-state index contributed by atoms with van der Waals surface area (Å²) in [4.78, 5) is 23.6. The second-order valence-corrected chi connectivity index (χ2v) is 4.86. The summed E-state index contributed by atoms with van der Waals surface area (Å²) in [6.45, 7) is 2.47. The lowest BCUT2D eigenvalue weighted by Crippen LogP contribution is -2.32. The Kier molecular flexibility index (Phi) is 6.65. The number of hydrogen-bond donors (Lipinski definition) is 2. The number of para-hydroxylation sites is 1. The molecule has 0 bridgehead atoms. The van der Waals surface area contributed by atoms with Gasteiger partial charge >= 0.3 is 12.0 Å². The van der Waals surface area contributed by atoms with Crippen molar-refractivity contribution in [1.29, 1.82) is 0 Å². The second-order valence-electron chi connectivity index (χ2n) is 4.86. The summed E-state index contributed by atoms with van der Waals surface area (Å²) in [6.07, 6.45) is 0. The van der Waals surface area contributed by atoms with E-state index in [1.54, 1.807) is 48.5 Å². The van der Waals surface area contributed by atoms with Crippen LogP contribution >= 0.6 is 0 Å². The van der Waals surface area contributed by atoms with Crippen LogP contribution in [0.5, 0.6) is 11.5 Å². The largest absolute Gasteiger partial charge is 0.494 e. The smallest absolute Gasteiger partial charge is 0.339 e. The van der Waals surface area contributed by atoms with E-state index in [2.05, 4.69) is 15.4 Å². The first kappa shape index (κ1) is 18.1. The van der Waals surface area contributed by atoms with Gasteiger partial charge in [-0.1, -0.05) is 12.1 Å². The van der Waals surface area contributed by atoms with E-state index in [9.17, 15) is 9.59 Å². The minimum atomic E-state index is -0.526. The van der Waals surface area contributed by atoms with E-state index in [-0.39, 0.29) is 12.3 Å². The average Bonchev–Trinajstić information content (AvgIpc) is 2.63. The Morgan fingerprint density at radius 2 is 1.60 bits per heavy atom. The first-order valence-corrected chi connectivity index (χ1v) is 7.72. The van der Waals surface area contributed by atoms with Gasteiger partial charge in [-0.25, -0.2) is 9.59 Å². The number of rotatable bonds is 7. The molecular formula is C18H20N2O5. The molecule has 25 heavy (non-hydrogen) atoms. The fourth-order valence-corrected chi connectivity index (χ4v) is 2.03. The second kappa shape index (κ2) is 9.17. The molecule has 0 heterocycles. The van der Waals surface area contributed by atoms with Crippen molar-refractivity contribution in [3.63, 3.8) is 0 Å². The molecule has 0 spiro atoms. The molecule has 2 aromatic rings. The van der Waals surface area contributed by atoms with Crippen LogP contribution in [0.3, 0.4) is 0 Å². The maximum atomic E-state index is 11.9. The van der Waals surface area contributed by atoms with Gasteiger partial charge in [-0.15, -0.1) is 0 Å². The summed E-state index contributed by atoms with van der Waals surface area (Å²) in [5.41, 5.74) is 0.625. The van der Waals surface area contributed by atoms with E-state index in [1.165, 1.54) is 7.11 Å². The van der Waals surface area contributed by atoms with Crippen LogP contribution in [-0.2, 0) is 4.74 Å². The van der Waals surface area contributed by atoms with E-state index in [0.717, 1.165) is 5.75 Å². The fraction of sp³-hybridized carbons (Fsp3) is 0.222. The lowest BCUT2D eigenvalue weighted by Gasteiger charge is -2.12. The van der Waals surface area contributed by atoms with Gasteiger partial charge in [0.05, 0.1) is 25.0 Å². The highest BCUT2D eigenvalue weighted by molar-refractivity contribution is 6.00. The third-order valence-corrected chi connectivity index (χ3v) is 3.19. The Balaban J connectivity index is 1.84. The molecule has 0 radical (unpaired) electrons. The fourth-order valence-electron chi connectivity index (χ4n) is 2.03. The lowest BCUT2D eigenvalue weighted by molar-refractivity contribution is 0.0602. The van der Waals surface area contributed by atoms with E-state index in [0.29, 0.717) is 18.0 Å². The van der Waals surface area contributed by atoms with Gasteiger partial charge < -0.3 is 24.8 Å². The minimum absolute atomic E-state index is 0.0276. The van der Waals surface area contributed by atoms with Gasteiger partial charge in [0, 0.05) is 0 Å². The van der Waals surface area contributed by atoms with Crippen molar-refractivity contribution in [2.75, 3.05) is 25.8 Å². The molecule has 7 nitrogen and oxygen atoms in total. The van der Waals surface area contributed by atoms with Crippen molar-refractivity contribution in [1.82, 2.24) is 5.32 Å². The first-order valence-electron chi connectivity index (χ1n) is 7.72. The molecule has 0 fully saturated rings. The number of ether oxygens (including phenoxy) is 3. The monoisotopic (exact) mass is 344 g/mol. The molecule has 7 heteroatoms. The molecule has 132 valence electrons. The third-order valence-electron chi connectivity index (χ3n) is 3.19. The molecular weight excluding hydrogens is 324 g/mol. The Morgan fingerprint density at radius 3 is 2.24 bits per heavy atom. The highest BCUT2D eigenvalue weighted by Gasteiger charge is 2.12. The van der Waals surface area contributed by atoms with Gasteiger partial charge in [0.15, 0.2) is 6.73 Å². The number of carbonyl (C=O) groups excluding carboxylic acids is 2. The van der Waals surface area contributed by atoms with Crippen LogP contribution in [0.2, 0.25) is 0 Å². The Bertz CT molecular complexity index is 716. The standard InChI is InChI=1S/C18H20N2O5/c1-3-24-13-8-10-14(11-9-13)25-12-19-18(22)20-16-7-5-4-6-15(16)17(21)23-2/h4-11H,3,12H2,1-2H3,(H2,19,20,22). The Morgan fingerprint density at radius 1 is 0.960 bits per heavy atom. The molecule has 0 unspecified atom stereocenters. The SMILES string of the molecule is CCOc1ccc(OCNC(=O)Nc2ccccc2C(=O)OC)cc1. The number of anilines is 1. The van der Waals surface area contributed by atoms with Gasteiger partial charge in [0.1, 0.15) is 11.5 Å². The molecule has 0 aliphatic heterocycles. The maximum Gasteiger partial charge on any atom is 0.339 e. The highest BCUT2D eigenvalue weighted by atomic mass is 16.5. The normalized spacial score (nSPS) is 9.84. The molecule has 0 saturated carbocycles. The van der Waals surface area contributed by atoms with Crippen LogP contribution in [0.4, 0.5) is 10.5 Å². The van der Waals surface area contributed by atoms with Gasteiger partial charge in [0.2, 0.25) is 0 Å². The number of nitrogens with one attached hydrogen (secondary N) is 2. The summed E-state index contributed by atoms with van der Waals surface area (Å²) in [6, 6.07) is 13.1. The van der Waals surface area contributed by atoms with Crippen molar-refractivity contribution in [2.45, 2.75) is 6.92 Å². The van der Waals surface area contributed by atoms with Gasteiger partial charge in [-0.2, -0.15) is 0 Å². The topological polar surface area (TPSA) is 85.9 Å². The number of amides is 2. The summed E-state index contributed by atoms with van der Waals surface area (Å²) >= 11 is 0. The zero-order chi connectivity index (χ0) is 18.1. The molecule has 2 rings (SSSR count). The van der Waals surface area contributed by atoms with Crippen LogP contribution in [0.1, 0.15) is 17.3 Å². The van der Waals surface area contributed by atoms with Crippen molar-refractivity contribution >= 4 is 17.7 Å². The number of hydrogen-bond acceptors (Lipinski definition) is 5. The predicted molar refractivity (Wildman–Crippen MR) is 93.0 cm³/mol. The first-order chi connectivity index (χ1) is 12.1. The van der Waals surface area contributed by atoms with Gasteiger partial charge in [0.25, 0.3) is 0 Å². The van der Waals surface area contributed by atoms with Crippen molar-refractivity contribution < 1.29 is 23.8 Å². The van der Waals surface area contributed by atoms with E-state index in [4.69, 9.17) is 9.47 Å². The van der Waals surface area contributed by atoms with Crippen molar-refractivity contribution in [3.8, 4) is 11.5 Å². The lowest BCUT2D eigenvalue weighted by atomic mass is 10.2. The van der Waals surface area contributed by atoms with E-state index >= 15 is 0 Å². The zero-order valence-electron chi connectivity index (χ0n) is 14.1.